The summed E-state index contributed by atoms with van der Waals surface area (Å²) in [5.41, 5.74) is 1.83. The Morgan fingerprint density at radius 2 is 2.32 bits per heavy atom. The van der Waals surface area contributed by atoms with Gasteiger partial charge in [0.1, 0.15) is 11.6 Å². The first-order valence-corrected chi connectivity index (χ1v) is 8.27. The standard InChI is InChI=1S/C16H15ClN2O2S/c1-21-12-5-2-4-11(8-12)13-9-14(15-6-3-7-22-15)19(18-13)16(20)10-17/h2-8,14H,9-10H2,1H3. The van der Waals surface area contributed by atoms with Crippen LogP contribution in [0.4, 0.5) is 0 Å². The first-order chi connectivity index (χ1) is 10.7. The molecule has 22 heavy (non-hydrogen) atoms. The number of thiophene rings is 1. The zero-order valence-electron chi connectivity index (χ0n) is 12.0. The van der Waals surface area contributed by atoms with Crippen LogP contribution < -0.4 is 4.74 Å². The molecule has 2 aromatic rings. The molecule has 1 aliphatic rings. The van der Waals surface area contributed by atoms with Crippen LogP contribution in [-0.4, -0.2) is 29.6 Å². The van der Waals surface area contributed by atoms with E-state index in [1.54, 1.807) is 18.4 Å². The minimum atomic E-state index is -0.182. The molecule has 0 spiro atoms. The summed E-state index contributed by atoms with van der Waals surface area (Å²) in [7, 11) is 1.63. The molecule has 2 heterocycles. The number of halogens is 1. The molecule has 3 rings (SSSR count). The smallest absolute Gasteiger partial charge is 0.258 e. The molecule has 0 aliphatic carbocycles. The minimum absolute atomic E-state index is 0.0727. The Morgan fingerprint density at radius 1 is 1.45 bits per heavy atom. The number of nitrogens with zero attached hydrogens (tertiary/aromatic N) is 2. The monoisotopic (exact) mass is 334 g/mol. The third kappa shape index (κ3) is 2.87. The van der Waals surface area contributed by atoms with Gasteiger partial charge in [-0.05, 0) is 23.6 Å². The lowest BCUT2D eigenvalue weighted by Crippen LogP contribution is -2.27. The molecule has 4 nitrogen and oxygen atoms in total. The quantitative estimate of drug-likeness (QED) is 0.800. The summed E-state index contributed by atoms with van der Waals surface area (Å²) >= 11 is 7.34. The lowest BCUT2D eigenvalue weighted by atomic mass is 10.0. The van der Waals surface area contributed by atoms with Gasteiger partial charge in [-0.2, -0.15) is 5.10 Å². The molecule has 0 bridgehead atoms. The van der Waals surface area contributed by atoms with Crippen molar-refractivity contribution >= 4 is 34.6 Å². The molecule has 0 saturated carbocycles. The summed E-state index contributed by atoms with van der Waals surface area (Å²) < 4.78 is 5.25. The number of hydrogen-bond donors (Lipinski definition) is 0. The molecule has 0 fully saturated rings. The SMILES string of the molecule is COc1cccc(C2=NN(C(=O)CCl)C(c3cccs3)C2)c1. The molecule has 1 aromatic carbocycles. The Hall–Kier alpha value is -1.85. The number of benzene rings is 1. The largest absolute Gasteiger partial charge is 0.497 e. The Kier molecular flexibility index (Phi) is 4.45. The van der Waals surface area contributed by atoms with Gasteiger partial charge in [0.2, 0.25) is 0 Å². The van der Waals surface area contributed by atoms with Crippen molar-refractivity contribution in [2.24, 2.45) is 5.10 Å². The average Bonchev–Trinajstić information content (AvgIpc) is 3.23. The van der Waals surface area contributed by atoms with E-state index in [0.29, 0.717) is 6.42 Å². The molecule has 1 aromatic heterocycles. The summed E-state index contributed by atoms with van der Waals surface area (Å²) in [6, 6.07) is 11.6. The molecule has 6 heteroatoms. The fourth-order valence-corrected chi connectivity index (χ4v) is 3.42. The second kappa shape index (κ2) is 6.50. The third-order valence-electron chi connectivity index (χ3n) is 3.55. The van der Waals surface area contributed by atoms with Crippen LogP contribution in [0.25, 0.3) is 0 Å². The number of alkyl halides is 1. The molecular formula is C16H15ClN2O2S. The van der Waals surface area contributed by atoms with E-state index in [2.05, 4.69) is 5.10 Å². The van der Waals surface area contributed by atoms with Gasteiger partial charge in [0.05, 0.1) is 18.9 Å². The van der Waals surface area contributed by atoms with Crippen molar-refractivity contribution in [3.05, 3.63) is 52.2 Å². The maximum Gasteiger partial charge on any atom is 0.258 e. The van der Waals surface area contributed by atoms with Gasteiger partial charge in [-0.25, -0.2) is 5.01 Å². The fraction of sp³-hybridized carbons (Fsp3) is 0.250. The van der Waals surface area contributed by atoms with Crippen LogP contribution in [0.3, 0.4) is 0 Å². The topological polar surface area (TPSA) is 41.9 Å². The number of methoxy groups -OCH3 is 1. The van der Waals surface area contributed by atoms with Gasteiger partial charge in [-0.1, -0.05) is 18.2 Å². The van der Waals surface area contributed by atoms with Crippen LogP contribution in [-0.2, 0) is 4.79 Å². The van der Waals surface area contributed by atoms with Gasteiger partial charge in [0.15, 0.2) is 0 Å². The molecular weight excluding hydrogens is 320 g/mol. The molecule has 1 atom stereocenters. The fourth-order valence-electron chi connectivity index (χ4n) is 2.48. The van der Waals surface area contributed by atoms with Crippen LogP contribution >= 0.6 is 22.9 Å². The van der Waals surface area contributed by atoms with E-state index in [9.17, 15) is 4.79 Å². The lowest BCUT2D eigenvalue weighted by Gasteiger charge is -2.19. The number of rotatable bonds is 4. The zero-order chi connectivity index (χ0) is 15.5. The van der Waals surface area contributed by atoms with Crippen molar-refractivity contribution in [3.8, 4) is 5.75 Å². The highest BCUT2D eigenvalue weighted by molar-refractivity contribution is 7.10. The molecule has 1 aliphatic heterocycles. The highest BCUT2D eigenvalue weighted by Crippen LogP contribution is 2.35. The minimum Gasteiger partial charge on any atom is -0.497 e. The van der Waals surface area contributed by atoms with Crippen molar-refractivity contribution in [1.29, 1.82) is 0 Å². The molecule has 1 amide bonds. The predicted octanol–water partition coefficient (Wildman–Crippen LogP) is 3.67. The van der Waals surface area contributed by atoms with Crippen LogP contribution in [0.1, 0.15) is 22.9 Å². The zero-order valence-corrected chi connectivity index (χ0v) is 13.6. The summed E-state index contributed by atoms with van der Waals surface area (Å²) in [6.45, 7) is 0. The maximum absolute atomic E-state index is 12.1. The first kappa shape index (κ1) is 15.1. The second-order valence-corrected chi connectivity index (χ2v) is 6.13. The van der Waals surface area contributed by atoms with Gasteiger partial charge in [-0.15, -0.1) is 22.9 Å². The highest BCUT2D eigenvalue weighted by atomic mass is 35.5. The number of hydrazone groups is 1. The number of carbonyl (C=O) groups excluding carboxylic acids is 1. The van der Waals surface area contributed by atoms with Gasteiger partial charge in [0, 0.05) is 16.9 Å². The first-order valence-electron chi connectivity index (χ1n) is 6.86. The summed E-state index contributed by atoms with van der Waals surface area (Å²) in [5, 5.41) is 8.02. The van der Waals surface area contributed by atoms with Crippen molar-refractivity contribution < 1.29 is 9.53 Å². The Balaban J connectivity index is 1.94. The van der Waals surface area contributed by atoms with Crippen LogP contribution in [0, 0.1) is 0 Å². The van der Waals surface area contributed by atoms with E-state index in [1.165, 1.54) is 5.01 Å². The van der Waals surface area contributed by atoms with Crippen LogP contribution in [0.2, 0.25) is 0 Å². The van der Waals surface area contributed by atoms with Crippen molar-refractivity contribution in [3.63, 3.8) is 0 Å². The molecule has 1 unspecified atom stereocenters. The van der Waals surface area contributed by atoms with E-state index in [1.807, 2.05) is 41.8 Å². The van der Waals surface area contributed by atoms with E-state index in [0.717, 1.165) is 21.9 Å². The van der Waals surface area contributed by atoms with Gasteiger partial charge in [0.25, 0.3) is 5.91 Å². The van der Waals surface area contributed by atoms with Gasteiger partial charge in [-0.3, -0.25) is 4.79 Å². The number of carbonyl (C=O) groups is 1. The molecule has 0 N–H and O–H groups in total. The van der Waals surface area contributed by atoms with Gasteiger partial charge < -0.3 is 4.74 Å². The summed E-state index contributed by atoms with van der Waals surface area (Å²) in [5.74, 6) is 0.518. The van der Waals surface area contributed by atoms with Crippen molar-refractivity contribution in [2.75, 3.05) is 13.0 Å². The lowest BCUT2D eigenvalue weighted by molar-refractivity contribution is -0.130. The summed E-state index contributed by atoms with van der Waals surface area (Å²) in [4.78, 5) is 13.2. The molecule has 0 saturated heterocycles. The highest BCUT2D eigenvalue weighted by Gasteiger charge is 2.33. The Labute approximate surface area is 138 Å². The molecule has 0 radical (unpaired) electrons. The van der Waals surface area contributed by atoms with E-state index >= 15 is 0 Å². The number of amides is 1. The normalized spacial score (nSPS) is 17.5. The van der Waals surface area contributed by atoms with E-state index < -0.39 is 0 Å². The van der Waals surface area contributed by atoms with Gasteiger partial charge >= 0.3 is 0 Å². The number of hydrogen-bond acceptors (Lipinski definition) is 4. The molecule has 114 valence electrons. The Morgan fingerprint density at radius 3 is 3.00 bits per heavy atom. The second-order valence-electron chi connectivity index (χ2n) is 4.89. The van der Waals surface area contributed by atoms with Crippen molar-refractivity contribution in [2.45, 2.75) is 12.5 Å². The van der Waals surface area contributed by atoms with E-state index in [-0.39, 0.29) is 17.8 Å². The van der Waals surface area contributed by atoms with Crippen molar-refractivity contribution in [1.82, 2.24) is 5.01 Å². The Bertz CT molecular complexity index is 700. The van der Waals surface area contributed by atoms with Crippen LogP contribution in [0.15, 0.2) is 46.9 Å². The summed E-state index contributed by atoms with van der Waals surface area (Å²) in [6.07, 6.45) is 0.677. The maximum atomic E-state index is 12.1. The van der Waals surface area contributed by atoms with Crippen LogP contribution in [0.5, 0.6) is 5.75 Å². The van der Waals surface area contributed by atoms with E-state index in [4.69, 9.17) is 16.3 Å². The third-order valence-corrected chi connectivity index (χ3v) is 4.76. The predicted molar refractivity (Wildman–Crippen MR) is 88.8 cm³/mol. The number of ether oxygens (including phenoxy) is 1. The average molecular weight is 335 g/mol.